The number of amides is 2. The standard InChI is InChI=1S/C21H23N5O5/c1-26-9-8-21(29,20(26)28)7-6-13-4-3-5-14(12-13)18-24-16(17(23)27)15(22)19(25-18)31-11-10-30-2/h3-5,12,29H,8-11,22H2,1-2H3,(H2,23,27). The molecule has 1 aliphatic rings. The Balaban J connectivity index is 1.96. The molecule has 10 heteroatoms. The van der Waals surface area contributed by atoms with Gasteiger partial charge in [0.2, 0.25) is 11.5 Å². The third kappa shape index (κ3) is 4.74. The van der Waals surface area contributed by atoms with Gasteiger partial charge < -0.3 is 30.9 Å². The molecule has 1 unspecified atom stereocenters. The lowest BCUT2D eigenvalue weighted by Crippen LogP contribution is -2.37. The molecule has 1 aliphatic heterocycles. The Hall–Kier alpha value is -3.68. The van der Waals surface area contributed by atoms with Crippen molar-refractivity contribution in [1.29, 1.82) is 0 Å². The average molecular weight is 425 g/mol. The second-order valence-electron chi connectivity index (χ2n) is 6.99. The van der Waals surface area contributed by atoms with Crippen molar-refractivity contribution in [3.05, 3.63) is 35.5 Å². The predicted octanol–water partition coefficient (Wildman–Crippen LogP) is -0.205. The number of methoxy groups -OCH3 is 1. The van der Waals surface area contributed by atoms with E-state index in [0.29, 0.717) is 24.3 Å². The lowest BCUT2D eigenvalue weighted by Gasteiger charge is -2.13. The summed E-state index contributed by atoms with van der Waals surface area (Å²) >= 11 is 0. The minimum Gasteiger partial charge on any atom is -0.474 e. The topological polar surface area (TPSA) is 154 Å². The lowest BCUT2D eigenvalue weighted by atomic mass is 10.0. The fraction of sp³-hybridized carbons (Fsp3) is 0.333. The second-order valence-corrected chi connectivity index (χ2v) is 6.99. The second kappa shape index (κ2) is 8.99. The third-order valence-electron chi connectivity index (χ3n) is 4.71. The van der Waals surface area contributed by atoms with Gasteiger partial charge in [-0.1, -0.05) is 24.0 Å². The van der Waals surface area contributed by atoms with Gasteiger partial charge in [0, 0.05) is 38.2 Å². The van der Waals surface area contributed by atoms with Crippen molar-refractivity contribution in [2.24, 2.45) is 5.73 Å². The molecule has 0 spiro atoms. The molecule has 162 valence electrons. The number of primary amides is 1. The maximum absolute atomic E-state index is 12.1. The van der Waals surface area contributed by atoms with E-state index in [1.165, 1.54) is 12.0 Å². The van der Waals surface area contributed by atoms with E-state index in [2.05, 4.69) is 21.8 Å². The highest BCUT2D eigenvalue weighted by molar-refractivity contribution is 5.97. The first-order chi connectivity index (χ1) is 14.7. The number of benzene rings is 1. The highest BCUT2D eigenvalue weighted by atomic mass is 16.5. The van der Waals surface area contributed by atoms with Crippen LogP contribution in [-0.4, -0.2) is 71.3 Å². The summed E-state index contributed by atoms with van der Waals surface area (Å²) in [4.78, 5) is 33.8. The molecule has 5 N–H and O–H groups in total. The number of carbonyl (C=O) groups is 2. The summed E-state index contributed by atoms with van der Waals surface area (Å²) in [5, 5.41) is 10.5. The van der Waals surface area contributed by atoms with Crippen LogP contribution >= 0.6 is 0 Å². The molecule has 1 saturated heterocycles. The summed E-state index contributed by atoms with van der Waals surface area (Å²) in [6.45, 7) is 0.902. The fourth-order valence-corrected chi connectivity index (χ4v) is 2.98. The number of aliphatic hydroxyl groups is 1. The Kier molecular flexibility index (Phi) is 6.39. The van der Waals surface area contributed by atoms with Crippen LogP contribution in [0.4, 0.5) is 5.69 Å². The molecule has 0 aliphatic carbocycles. The third-order valence-corrected chi connectivity index (χ3v) is 4.71. The summed E-state index contributed by atoms with van der Waals surface area (Å²) < 4.78 is 10.4. The molecule has 0 bridgehead atoms. The maximum atomic E-state index is 12.1. The van der Waals surface area contributed by atoms with Crippen LogP contribution in [0.2, 0.25) is 0 Å². The van der Waals surface area contributed by atoms with E-state index in [1.54, 1.807) is 31.3 Å². The van der Waals surface area contributed by atoms with Gasteiger partial charge in [0.25, 0.3) is 11.8 Å². The molecular formula is C21H23N5O5. The van der Waals surface area contributed by atoms with Gasteiger partial charge in [0.1, 0.15) is 12.3 Å². The highest BCUT2D eigenvalue weighted by Gasteiger charge is 2.42. The van der Waals surface area contributed by atoms with Gasteiger partial charge >= 0.3 is 0 Å². The number of anilines is 1. The van der Waals surface area contributed by atoms with E-state index >= 15 is 0 Å². The molecule has 31 heavy (non-hydrogen) atoms. The Bertz CT molecular complexity index is 1080. The molecule has 2 heterocycles. The number of hydrogen-bond acceptors (Lipinski definition) is 8. The number of nitrogens with two attached hydrogens (primary N) is 2. The largest absolute Gasteiger partial charge is 0.474 e. The summed E-state index contributed by atoms with van der Waals surface area (Å²) in [7, 11) is 3.14. The quantitative estimate of drug-likeness (QED) is 0.424. The van der Waals surface area contributed by atoms with E-state index in [9.17, 15) is 14.7 Å². The zero-order chi connectivity index (χ0) is 22.6. The molecule has 10 nitrogen and oxygen atoms in total. The Morgan fingerprint density at radius 3 is 2.77 bits per heavy atom. The summed E-state index contributed by atoms with van der Waals surface area (Å²) in [6.07, 6.45) is 0.236. The monoisotopic (exact) mass is 425 g/mol. The number of likely N-dealkylation sites (N-methyl/N-ethyl adjacent to an activating group) is 1. The average Bonchev–Trinajstić information content (AvgIpc) is 3.01. The van der Waals surface area contributed by atoms with Crippen molar-refractivity contribution in [3.63, 3.8) is 0 Å². The minimum atomic E-state index is -1.70. The molecule has 0 radical (unpaired) electrons. The van der Waals surface area contributed by atoms with Crippen molar-refractivity contribution < 1.29 is 24.2 Å². The molecule has 2 aromatic rings. The zero-order valence-corrected chi connectivity index (χ0v) is 17.2. The lowest BCUT2D eigenvalue weighted by molar-refractivity contribution is -0.137. The van der Waals surface area contributed by atoms with Crippen molar-refractivity contribution in [2.75, 3.05) is 39.6 Å². The van der Waals surface area contributed by atoms with Gasteiger partial charge in [-0.3, -0.25) is 9.59 Å². The van der Waals surface area contributed by atoms with E-state index < -0.39 is 17.4 Å². The van der Waals surface area contributed by atoms with Gasteiger partial charge in [-0.15, -0.1) is 0 Å². The minimum absolute atomic E-state index is 0.0150. The normalized spacial score (nSPS) is 17.9. The van der Waals surface area contributed by atoms with Crippen molar-refractivity contribution >= 4 is 17.5 Å². The van der Waals surface area contributed by atoms with Crippen LogP contribution in [0.5, 0.6) is 5.88 Å². The molecule has 0 saturated carbocycles. The van der Waals surface area contributed by atoms with Gasteiger partial charge in [-0.2, -0.15) is 4.98 Å². The summed E-state index contributed by atoms with van der Waals surface area (Å²) in [6, 6.07) is 6.80. The van der Waals surface area contributed by atoms with Crippen LogP contribution in [0.25, 0.3) is 11.4 Å². The number of nitrogen functional groups attached to an aromatic ring is 1. The molecule has 1 aromatic carbocycles. The molecule has 2 amide bonds. The predicted molar refractivity (Wildman–Crippen MR) is 112 cm³/mol. The van der Waals surface area contributed by atoms with Crippen LogP contribution in [0.15, 0.2) is 24.3 Å². The number of aromatic nitrogens is 2. The zero-order valence-electron chi connectivity index (χ0n) is 17.2. The van der Waals surface area contributed by atoms with Crippen LogP contribution in [-0.2, 0) is 9.53 Å². The maximum Gasteiger partial charge on any atom is 0.269 e. The van der Waals surface area contributed by atoms with Crippen LogP contribution in [0.1, 0.15) is 22.5 Å². The molecule has 3 rings (SSSR count). The molecular weight excluding hydrogens is 402 g/mol. The van der Waals surface area contributed by atoms with Crippen LogP contribution < -0.4 is 16.2 Å². The first-order valence-electron chi connectivity index (χ1n) is 9.46. The van der Waals surface area contributed by atoms with E-state index in [4.69, 9.17) is 20.9 Å². The van der Waals surface area contributed by atoms with Gasteiger partial charge in [-0.25, -0.2) is 4.98 Å². The molecule has 1 atom stereocenters. The first kappa shape index (κ1) is 22.0. The molecule has 1 fully saturated rings. The van der Waals surface area contributed by atoms with Crippen molar-refractivity contribution in [1.82, 2.24) is 14.9 Å². The van der Waals surface area contributed by atoms with E-state index in [1.807, 2.05) is 0 Å². The Labute approximate surface area is 179 Å². The highest BCUT2D eigenvalue weighted by Crippen LogP contribution is 2.27. The number of rotatable bonds is 6. The molecule has 1 aromatic heterocycles. The van der Waals surface area contributed by atoms with Gasteiger partial charge in [-0.05, 0) is 12.1 Å². The van der Waals surface area contributed by atoms with E-state index in [0.717, 1.165) is 0 Å². The number of hydrogen-bond donors (Lipinski definition) is 3. The number of ether oxygens (including phenoxy) is 2. The summed E-state index contributed by atoms with van der Waals surface area (Å²) in [5.74, 6) is 4.41. The fourth-order valence-electron chi connectivity index (χ4n) is 2.98. The number of nitrogens with zero attached hydrogens (tertiary/aromatic N) is 3. The smallest absolute Gasteiger partial charge is 0.269 e. The van der Waals surface area contributed by atoms with Crippen molar-refractivity contribution in [2.45, 2.75) is 12.0 Å². The Morgan fingerprint density at radius 1 is 1.35 bits per heavy atom. The summed E-state index contributed by atoms with van der Waals surface area (Å²) in [5.41, 5.74) is 10.4. The Morgan fingerprint density at radius 2 is 2.13 bits per heavy atom. The number of likely N-dealkylation sites (tertiary alicyclic amines) is 1. The SMILES string of the molecule is COCCOc1nc(-c2cccc(C#CC3(O)CCN(C)C3=O)c2)nc(C(N)=O)c1N. The van der Waals surface area contributed by atoms with Gasteiger partial charge in [0.15, 0.2) is 11.5 Å². The van der Waals surface area contributed by atoms with Crippen LogP contribution in [0.3, 0.4) is 0 Å². The van der Waals surface area contributed by atoms with E-state index in [-0.39, 0.29) is 36.1 Å². The number of carbonyl (C=O) groups excluding carboxylic acids is 2. The van der Waals surface area contributed by atoms with Crippen LogP contribution in [0, 0.1) is 11.8 Å². The first-order valence-corrected chi connectivity index (χ1v) is 9.46. The van der Waals surface area contributed by atoms with Gasteiger partial charge in [0.05, 0.1) is 6.61 Å². The van der Waals surface area contributed by atoms with Crippen molar-refractivity contribution in [3.8, 4) is 29.1 Å².